The topological polar surface area (TPSA) is 54.0 Å². The molecular weight excluding hydrogens is 250 g/mol. The smallest absolute Gasteiger partial charge is 0.270 e. The summed E-state index contributed by atoms with van der Waals surface area (Å²) < 4.78 is 0. The molecule has 1 saturated carbocycles. The third kappa shape index (κ3) is 2.33. The largest absolute Gasteiger partial charge is 0.373 e. The molecule has 1 heterocycles. The number of pyridine rings is 1. The normalized spacial score (nSPS) is 21.3. The van der Waals surface area contributed by atoms with Crippen molar-refractivity contribution in [1.82, 2.24) is 10.3 Å². The van der Waals surface area contributed by atoms with Crippen molar-refractivity contribution in [2.75, 3.05) is 12.4 Å². The lowest BCUT2D eigenvalue weighted by Gasteiger charge is -2.33. The first-order chi connectivity index (χ1) is 9.67. The van der Waals surface area contributed by atoms with Crippen molar-refractivity contribution >= 4 is 22.5 Å². The number of aromatic nitrogens is 1. The molecule has 0 atom stereocenters. The zero-order valence-electron chi connectivity index (χ0n) is 11.8. The van der Waals surface area contributed by atoms with E-state index in [2.05, 4.69) is 22.5 Å². The first kappa shape index (κ1) is 12.9. The Morgan fingerprint density at radius 2 is 2.05 bits per heavy atom. The minimum Gasteiger partial charge on any atom is -0.373 e. The summed E-state index contributed by atoms with van der Waals surface area (Å²) in [5, 5.41) is 8.17. The van der Waals surface area contributed by atoms with Crippen LogP contribution in [-0.4, -0.2) is 24.0 Å². The Kier molecular flexibility index (Phi) is 3.30. The fraction of sp³-hybridized carbons (Fsp3) is 0.375. The maximum absolute atomic E-state index is 12.3. The lowest BCUT2D eigenvalue weighted by Crippen LogP contribution is -2.43. The number of hydrogen-bond donors (Lipinski definition) is 2. The summed E-state index contributed by atoms with van der Waals surface area (Å²) in [6, 6.07) is 10.1. The minimum atomic E-state index is -0.0795. The van der Waals surface area contributed by atoms with E-state index in [1.54, 1.807) is 0 Å². The summed E-state index contributed by atoms with van der Waals surface area (Å²) >= 11 is 0. The number of rotatable bonds is 3. The average molecular weight is 269 g/mol. The summed E-state index contributed by atoms with van der Waals surface area (Å²) in [4.78, 5) is 16.7. The molecule has 1 aliphatic carbocycles. The van der Waals surface area contributed by atoms with E-state index < -0.39 is 0 Å². The molecule has 2 N–H and O–H groups in total. The van der Waals surface area contributed by atoms with Crippen molar-refractivity contribution in [3.05, 3.63) is 36.0 Å². The van der Waals surface area contributed by atoms with Crippen molar-refractivity contribution in [3.63, 3.8) is 0 Å². The molecule has 1 aromatic carbocycles. The monoisotopic (exact) mass is 269 g/mol. The van der Waals surface area contributed by atoms with Gasteiger partial charge in [-0.2, -0.15) is 0 Å². The van der Waals surface area contributed by atoms with Gasteiger partial charge < -0.3 is 10.6 Å². The number of anilines is 1. The molecule has 0 aliphatic heterocycles. The van der Waals surface area contributed by atoms with Gasteiger partial charge in [0.25, 0.3) is 5.91 Å². The van der Waals surface area contributed by atoms with Gasteiger partial charge in [0.15, 0.2) is 0 Å². The maximum Gasteiger partial charge on any atom is 0.270 e. The average Bonchev–Trinajstić information content (AvgIpc) is 2.44. The third-order valence-electron chi connectivity index (χ3n) is 3.92. The number of carbonyl (C=O) groups excluding carboxylic acids is 1. The van der Waals surface area contributed by atoms with E-state index in [4.69, 9.17) is 0 Å². The molecule has 1 fully saturated rings. The third-order valence-corrected chi connectivity index (χ3v) is 3.92. The zero-order chi connectivity index (χ0) is 14.1. The highest BCUT2D eigenvalue weighted by atomic mass is 16.1. The van der Waals surface area contributed by atoms with Crippen LogP contribution in [0, 0.1) is 5.92 Å². The fourth-order valence-electron chi connectivity index (χ4n) is 2.79. The van der Waals surface area contributed by atoms with Gasteiger partial charge in [-0.05, 0) is 30.2 Å². The van der Waals surface area contributed by atoms with Crippen molar-refractivity contribution < 1.29 is 4.79 Å². The zero-order valence-corrected chi connectivity index (χ0v) is 11.8. The molecule has 1 aliphatic rings. The van der Waals surface area contributed by atoms with Crippen LogP contribution in [-0.2, 0) is 0 Å². The number of carbonyl (C=O) groups is 1. The first-order valence-electron chi connectivity index (χ1n) is 7.06. The Bertz CT molecular complexity index is 647. The van der Waals surface area contributed by atoms with E-state index in [1.807, 2.05) is 37.4 Å². The van der Waals surface area contributed by atoms with Crippen LogP contribution in [0.3, 0.4) is 0 Å². The van der Waals surface area contributed by atoms with Crippen LogP contribution in [0.1, 0.15) is 30.3 Å². The Morgan fingerprint density at radius 3 is 2.75 bits per heavy atom. The van der Waals surface area contributed by atoms with Crippen molar-refractivity contribution in [2.24, 2.45) is 5.92 Å². The number of nitrogens with zero attached hydrogens (tertiary/aromatic N) is 1. The summed E-state index contributed by atoms with van der Waals surface area (Å²) in [7, 11) is 1.82. The molecule has 0 bridgehead atoms. The molecular formula is C16H19N3O. The fourth-order valence-corrected chi connectivity index (χ4v) is 2.79. The molecule has 0 radical (unpaired) electrons. The van der Waals surface area contributed by atoms with Crippen LogP contribution in [0.4, 0.5) is 5.82 Å². The lowest BCUT2D eigenvalue weighted by atomic mass is 9.82. The van der Waals surface area contributed by atoms with Crippen LogP contribution < -0.4 is 10.6 Å². The second-order valence-corrected chi connectivity index (χ2v) is 5.57. The molecule has 0 spiro atoms. The number of nitrogens with one attached hydrogen (secondary N) is 2. The molecule has 4 nitrogen and oxygen atoms in total. The summed E-state index contributed by atoms with van der Waals surface area (Å²) in [5.74, 6) is 1.39. The van der Waals surface area contributed by atoms with E-state index in [0.717, 1.165) is 35.3 Å². The van der Waals surface area contributed by atoms with Gasteiger partial charge in [0, 0.05) is 18.5 Å². The molecule has 1 aromatic heterocycles. The van der Waals surface area contributed by atoms with Crippen LogP contribution >= 0.6 is 0 Å². The van der Waals surface area contributed by atoms with Gasteiger partial charge in [0.05, 0.1) is 0 Å². The van der Waals surface area contributed by atoms with Gasteiger partial charge in [-0.25, -0.2) is 4.98 Å². The number of fused-ring (bicyclic) bond motifs is 1. The highest BCUT2D eigenvalue weighted by Gasteiger charge is 2.27. The van der Waals surface area contributed by atoms with Gasteiger partial charge in [-0.3, -0.25) is 4.79 Å². The summed E-state index contributed by atoms with van der Waals surface area (Å²) in [6.07, 6.45) is 2.14. The standard InChI is InChI=1S/C16H19N3O/c1-10-7-12(8-10)18-16(20)14-9-11-5-3-4-6-13(11)15(17-2)19-14/h3-6,9-10,12H,7-8H2,1-2H3,(H,17,19)(H,18,20). The highest BCUT2D eigenvalue weighted by molar-refractivity contribution is 6.00. The van der Waals surface area contributed by atoms with Gasteiger partial charge in [0.1, 0.15) is 11.5 Å². The molecule has 1 amide bonds. The van der Waals surface area contributed by atoms with E-state index in [1.165, 1.54) is 0 Å². The number of amides is 1. The van der Waals surface area contributed by atoms with E-state index in [-0.39, 0.29) is 5.91 Å². The van der Waals surface area contributed by atoms with E-state index in [0.29, 0.717) is 11.7 Å². The SMILES string of the molecule is CNc1nc(C(=O)NC2CC(C)C2)cc2ccccc12. The second kappa shape index (κ2) is 5.12. The van der Waals surface area contributed by atoms with Crippen molar-refractivity contribution in [2.45, 2.75) is 25.8 Å². The summed E-state index contributed by atoms with van der Waals surface area (Å²) in [5.41, 5.74) is 0.479. The predicted octanol–water partition coefficient (Wildman–Crippen LogP) is 2.80. The Balaban J connectivity index is 1.89. The van der Waals surface area contributed by atoms with Crippen LogP contribution in [0.15, 0.2) is 30.3 Å². The molecule has 4 heteroatoms. The summed E-state index contributed by atoms with van der Waals surface area (Å²) in [6.45, 7) is 2.20. The van der Waals surface area contributed by atoms with Crippen molar-refractivity contribution in [3.8, 4) is 0 Å². The van der Waals surface area contributed by atoms with Crippen LogP contribution in [0.5, 0.6) is 0 Å². The van der Waals surface area contributed by atoms with Crippen molar-refractivity contribution in [1.29, 1.82) is 0 Å². The predicted molar refractivity (Wildman–Crippen MR) is 80.9 cm³/mol. The van der Waals surface area contributed by atoms with Gasteiger partial charge in [0.2, 0.25) is 0 Å². The number of hydrogen-bond acceptors (Lipinski definition) is 3. The molecule has 20 heavy (non-hydrogen) atoms. The second-order valence-electron chi connectivity index (χ2n) is 5.57. The maximum atomic E-state index is 12.3. The minimum absolute atomic E-state index is 0.0795. The first-order valence-corrected chi connectivity index (χ1v) is 7.06. The van der Waals surface area contributed by atoms with E-state index in [9.17, 15) is 4.79 Å². The van der Waals surface area contributed by atoms with Crippen LogP contribution in [0.25, 0.3) is 10.8 Å². The Morgan fingerprint density at radius 1 is 1.30 bits per heavy atom. The molecule has 0 saturated heterocycles. The Hall–Kier alpha value is -2.10. The quantitative estimate of drug-likeness (QED) is 0.901. The molecule has 2 aromatic rings. The van der Waals surface area contributed by atoms with E-state index >= 15 is 0 Å². The van der Waals surface area contributed by atoms with Gasteiger partial charge >= 0.3 is 0 Å². The lowest BCUT2D eigenvalue weighted by molar-refractivity contribution is 0.0891. The van der Waals surface area contributed by atoms with Crippen LogP contribution in [0.2, 0.25) is 0 Å². The highest BCUT2D eigenvalue weighted by Crippen LogP contribution is 2.27. The van der Waals surface area contributed by atoms with Gasteiger partial charge in [-0.15, -0.1) is 0 Å². The van der Waals surface area contributed by atoms with Gasteiger partial charge in [-0.1, -0.05) is 31.2 Å². The molecule has 3 rings (SSSR count). The molecule has 0 unspecified atom stereocenters. The molecule has 104 valence electrons. The Labute approximate surface area is 118 Å². The number of benzene rings is 1.